The Balaban J connectivity index is 1.71. The van der Waals surface area contributed by atoms with E-state index in [0.29, 0.717) is 5.56 Å². The van der Waals surface area contributed by atoms with Gasteiger partial charge in [0, 0.05) is 25.2 Å². The SMILES string of the molecule is C[C@H]1CN(S(=O)(=O)c2cccc(C(=O)NCc3ccc(S(N)(=O)=O)cc3)c2)C[C@H](C)O1. The summed E-state index contributed by atoms with van der Waals surface area (Å²) in [6, 6.07) is 11.7. The molecule has 0 unspecified atom stereocenters. The Morgan fingerprint density at radius 2 is 1.65 bits per heavy atom. The minimum Gasteiger partial charge on any atom is -0.373 e. The van der Waals surface area contributed by atoms with Gasteiger partial charge in [-0.2, -0.15) is 4.31 Å². The zero-order chi connectivity index (χ0) is 22.8. The van der Waals surface area contributed by atoms with E-state index in [2.05, 4.69) is 5.32 Å². The number of amides is 1. The van der Waals surface area contributed by atoms with E-state index < -0.39 is 26.0 Å². The summed E-state index contributed by atoms with van der Waals surface area (Å²) in [7, 11) is -7.55. The number of carbonyl (C=O) groups excluding carboxylic acids is 1. The maximum atomic E-state index is 13.0. The third-order valence-electron chi connectivity index (χ3n) is 4.83. The number of ether oxygens (including phenoxy) is 1. The quantitative estimate of drug-likeness (QED) is 0.652. The van der Waals surface area contributed by atoms with Gasteiger partial charge < -0.3 is 10.1 Å². The van der Waals surface area contributed by atoms with Gasteiger partial charge in [0.2, 0.25) is 20.0 Å². The van der Waals surface area contributed by atoms with E-state index in [9.17, 15) is 21.6 Å². The summed E-state index contributed by atoms with van der Waals surface area (Å²) in [4.78, 5) is 12.6. The first-order valence-corrected chi connectivity index (χ1v) is 12.6. The number of hydrogen-bond acceptors (Lipinski definition) is 6. The first kappa shape index (κ1) is 23.4. The van der Waals surface area contributed by atoms with Crippen LogP contribution in [0.2, 0.25) is 0 Å². The van der Waals surface area contributed by atoms with E-state index >= 15 is 0 Å². The van der Waals surface area contributed by atoms with E-state index in [1.165, 1.54) is 40.7 Å². The van der Waals surface area contributed by atoms with E-state index in [4.69, 9.17) is 9.88 Å². The first-order valence-electron chi connectivity index (χ1n) is 9.62. The Bertz CT molecular complexity index is 1150. The second-order valence-corrected chi connectivity index (χ2v) is 11.0. The number of nitrogens with two attached hydrogens (primary N) is 1. The molecule has 11 heteroatoms. The molecule has 1 saturated heterocycles. The number of benzene rings is 2. The zero-order valence-corrected chi connectivity index (χ0v) is 18.8. The summed E-state index contributed by atoms with van der Waals surface area (Å²) in [5.41, 5.74) is 0.873. The van der Waals surface area contributed by atoms with E-state index in [1.807, 2.05) is 13.8 Å². The largest absolute Gasteiger partial charge is 0.373 e. The Kier molecular flexibility index (Phi) is 6.82. The number of rotatable bonds is 6. The normalized spacial score (nSPS) is 20.4. The number of nitrogens with zero attached hydrogens (tertiary/aromatic N) is 1. The van der Waals surface area contributed by atoms with Crippen molar-refractivity contribution in [1.29, 1.82) is 0 Å². The maximum absolute atomic E-state index is 13.0. The maximum Gasteiger partial charge on any atom is 0.251 e. The highest BCUT2D eigenvalue weighted by Gasteiger charge is 2.32. The van der Waals surface area contributed by atoms with Crippen molar-refractivity contribution in [3.8, 4) is 0 Å². The molecule has 1 amide bonds. The van der Waals surface area contributed by atoms with Gasteiger partial charge in [-0.15, -0.1) is 0 Å². The van der Waals surface area contributed by atoms with Crippen LogP contribution in [0.4, 0.5) is 0 Å². The summed E-state index contributed by atoms with van der Waals surface area (Å²) >= 11 is 0. The molecule has 3 rings (SSSR count). The van der Waals surface area contributed by atoms with Crippen LogP contribution in [0, 0.1) is 0 Å². The molecular formula is C20H25N3O6S2. The van der Waals surface area contributed by atoms with Crippen LogP contribution in [0.1, 0.15) is 29.8 Å². The number of sulfonamides is 2. The molecule has 0 saturated carbocycles. The highest BCUT2D eigenvalue weighted by atomic mass is 32.2. The monoisotopic (exact) mass is 467 g/mol. The number of carbonyl (C=O) groups is 1. The van der Waals surface area contributed by atoms with Gasteiger partial charge in [-0.1, -0.05) is 18.2 Å². The predicted octanol–water partition coefficient (Wildman–Crippen LogP) is 1.06. The molecule has 1 aliphatic rings. The molecule has 31 heavy (non-hydrogen) atoms. The van der Waals surface area contributed by atoms with Crippen molar-refractivity contribution in [1.82, 2.24) is 9.62 Å². The molecule has 1 aliphatic heterocycles. The van der Waals surface area contributed by atoms with Crippen LogP contribution >= 0.6 is 0 Å². The zero-order valence-electron chi connectivity index (χ0n) is 17.2. The second kappa shape index (κ2) is 9.05. The lowest BCUT2D eigenvalue weighted by atomic mass is 10.2. The molecule has 168 valence electrons. The Labute approximate surface area is 182 Å². The van der Waals surface area contributed by atoms with Gasteiger partial charge in [-0.05, 0) is 49.7 Å². The van der Waals surface area contributed by atoms with Crippen molar-refractivity contribution in [3.63, 3.8) is 0 Å². The van der Waals surface area contributed by atoms with Crippen LogP contribution in [0.15, 0.2) is 58.3 Å². The van der Waals surface area contributed by atoms with Gasteiger partial charge in [0.15, 0.2) is 0 Å². The molecule has 1 heterocycles. The van der Waals surface area contributed by atoms with Crippen LogP contribution in [-0.2, 0) is 31.3 Å². The van der Waals surface area contributed by atoms with Crippen molar-refractivity contribution >= 4 is 26.0 Å². The molecule has 0 spiro atoms. The van der Waals surface area contributed by atoms with E-state index in [1.54, 1.807) is 12.1 Å². The highest BCUT2D eigenvalue weighted by molar-refractivity contribution is 7.89. The van der Waals surface area contributed by atoms with Gasteiger partial charge >= 0.3 is 0 Å². The standard InChI is InChI=1S/C20H25N3O6S2/c1-14-12-23(13-15(2)29-14)31(27,28)19-5-3-4-17(10-19)20(24)22-11-16-6-8-18(9-7-16)30(21,25)26/h3-10,14-15H,11-13H2,1-2H3,(H,22,24)(H2,21,25,26)/t14-,15-/m0/s1. The summed E-state index contributed by atoms with van der Waals surface area (Å²) in [5, 5.41) is 7.76. The second-order valence-electron chi connectivity index (χ2n) is 7.48. The fourth-order valence-electron chi connectivity index (χ4n) is 3.36. The van der Waals surface area contributed by atoms with Crippen molar-refractivity contribution in [3.05, 3.63) is 59.7 Å². The molecule has 2 aromatic rings. The number of morpholine rings is 1. The molecule has 0 bridgehead atoms. The minimum absolute atomic E-state index is 0.0211. The van der Waals surface area contributed by atoms with Crippen molar-refractivity contribution < 1.29 is 26.4 Å². The molecular weight excluding hydrogens is 442 g/mol. The molecule has 2 aromatic carbocycles. The van der Waals surface area contributed by atoms with Crippen LogP contribution < -0.4 is 10.5 Å². The lowest BCUT2D eigenvalue weighted by Crippen LogP contribution is -2.48. The van der Waals surface area contributed by atoms with Gasteiger partial charge in [-0.3, -0.25) is 4.79 Å². The topological polar surface area (TPSA) is 136 Å². The Hall–Kier alpha value is -2.31. The van der Waals surface area contributed by atoms with Crippen molar-refractivity contribution in [2.24, 2.45) is 5.14 Å². The lowest BCUT2D eigenvalue weighted by molar-refractivity contribution is -0.0440. The van der Waals surface area contributed by atoms with Crippen molar-refractivity contribution in [2.45, 2.75) is 42.4 Å². The van der Waals surface area contributed by atoms with Crippen molar-refractivity contribution in [2.75, 3.05) is 13.1 Å². The average molecular weight is 468 g/mol. The Morgan fingerprint density at radius 1 is 1.03 bits per heavy atom. The average Bonchev–Trinajstić information content (AvgIpc) is 2.71. The molecule has 9 nitrogen and oxygen atoms in total. The smallest absolute Gasteiger partial charge is 0.251 e. The van der Waals surface area contributed by atoms with Crippen LogP contribution in [0.3, 0.4) is 0 Å². The molecule has 1 fully saturated rings. The highest BCUT2D eigenvalue weighted by Crippen LogP contribution is 2.22. The number of nitrogens with one attached hydrogen (secondary N) is 1. The number of hydrogen-bond donors (Lipinski definition) is 2. The molecule has 0 aromatic heterocycles. The molecule has 2 atom stereocenters. The van der Waals surface area contributed by atoms with Crippen LogP contribution in [0.5, 0.6) is 0 Å². The predicted molar refractivity (Wildman–Crippen MR) is 114 cm³/mol. The lowest BCUT2D eigenvalue weighted by Gasteiger charge is -2.34. The Morgan fingerprint density at radius 3 is 2.23 bits per heavy atom. The molecule has 3 N–H and O–H groups in total. The summed E-state index contributed by atoms with van der Waals surface area (Å²) in [5.74, 6) is -0.448. The number of primary sulfonamides is 1. The molecule has 0 aliphatic carbocycles. The third-order valence-corrected chi connectivity index (χ3v) is 7.58. The van der Waals surface area contributed by atoms with Gasteiger partial charge in [-0.25, -0.2) is 22.0 Å². The van der Waals surface area contributed by atoms with E-state index in [0.717, 1.165) is 0 Å². The fraction of sp³-hybridized carbons (Fsp3) is 0.350. The fourth-order valence-corrected chi connectivity index (χ4v) is 5.51. The van der Waals surface area contributed by atoms with Crippen LogP contribution in [0.25, 0.3) is 0 Å². The van der Waals surface area contributed by atoms with Gasteiger partial charge in [0.05, 0.1) is 22.0 Å². The minimum atomic E-state index is -3.79. The third kappa shape index (κ3) is 5.69. The van der Waals surface area contributed by atoms with Gasteiger partial charge in [0.25, 0.3) is 5.91 Å². The summed E-state index contributed by atoms with van der Waals surface area (Å²) in [6.45, 7) is 4.27. The molecule has 0 radical (unpaired) electrons. The summed E-state index contributed by atoms with van der Waals surface area (Å²) < 4.78 is 55.6. The first-order chi connectivity index (χ1) is 14.5. The summed E-state index contributed by atoms with van der Waals surface area (Å²) in [6.07, 6.45) is -0.434. The van der Waals surface area contributed by atoms with Gasteiger partial charge in [0.1, 0.15) is 0 Å². The van der Waals surface area contributed by atoms with E-state index in [-0.39, 0.29) is 47.2 Å². The van der Waals surface area contributed by atoms with Crippen LogP contribution in [-0.4, -0.2) is 52.3 Å².